The maximum atomic E-state index is 12.3. The molecule has 0 aliphatic rings. The zero-order valence-electron chi connectivity index (χ0n) is 15.6. The highest BCUT2D eigenvalue weighted by Gasteiger charge is 2.12. The van der Waals surface area contributed by atoms with Gasteiger partial charge in [0.15, 0.2) is 18.1 Å². The second-order valence-electron chi connectivity index (χ2n) is 5.58. The molecular weight excluding hydrogens is 350 g/mol. The van der Waals surface area contributed by atoms with Gasteiger partial charge >= 0.3 is 5.97 Å². The molecule has 0 spiro atoms. The molecule has 144 valence electrons. The van der Waals surface area contributed by atoms with Crippen LogP contribution >= 0.6 is 0 Å². The predicted molar refractivity (Wildman–Crippen MR) is 99.5 cm³/mol. The molecule has 2 aromatic rings. The van der Waals surface area contributed by atoms with E-state index in [1.807, 2.05) is 24.3 Å². The minimum Gasteiger partial charge on any atom is -0.497 e. The number of amides is 1. The van der Waals surface area contributed by atoms with Gasteiger partial charge in [0.05, 0.1) is 21.3 Å². The molecule has 0 aliphatic heterocycles. The van der Waals surface area contributed by atoms with Crippen LogP contribution in [0.1, 0.15) is 15.9 Å². The van der Waals surface area contributed by atoms with E-state index in [9.17, 15) is 9.59 Å². The first-order valence-corrected chi connectivity index (χ1v) is 8.36. The smallest absolute Gasteiger partial charge is 0.343 e. The molecule has 1 N–H and O–H groups in total. The predicted octanol–water partition coefficient (Wildman–Crippen LogP) is 2.23. The third-order valence-electron chi connectivity index (χ3n) is 3.86. The van der Waals surface area contributed by atoms with Crippen molar-refractivity contribution in [2.45, 2.75) is 6.42 Å². The van der Waals surface area contributed by atoms with E-state index < -0.39 is 5.97 Å². The summed E-state index contributed by atoms with van der Waals surface area (Å²) in [6.45, 7) is 0.258. The quantitative estimate of drug-likeness (QED) is 0.679. The van der Waals surface area contributed by atoms with Crippen LogP contribution in [0.25, 0.3) is 0 Å². The molecule has 0 radical (unpaired) electrons. The standard InChI is InChI=1S/C20H23NO6/c1-24-16-7-4-14(5-8-16)10-11-21-20(23)15-6-9-17(18(12-15)25-2)27-13-19(22)26-3/h4-9,12H,10-11,13H2,1-3H3,(H,21,23). The number of carbonyl (C=O) groups excluding carboxylic acids is 2. The molecule has 27 heavy (non-hydrogen) atoms. The van der Waals surface area contributed by atoms with Gasteiger partial charge in [0, 0.05) is 12.1 Å². The Morgan fingerprint density at radius 2 is 1.67 bits per heavy atom. The zero-order chi connectivity index (χ0) is 19.6. The summed E-state index contributed by atoms with van der Waals surface area (Å²) in [6.07, 6.45) is 0.702. The van der Waals surface area contributed by atoms with Gasteiger partial charge in [-0.2, -0.15) is 0 Å². The number of hydrogen-bond donors (Lipinski definition) is 1. The summed E-state index contributed by atoms with van der Waals surface area (Å²) in [5, 5.41) is 2.87. The third kappa shape index (κ3) is 5.91. The van der Waals surface area contributed by atoms with Crippen molar-refractivity contribution in [1.29, 1.82) is 0 Å². The topological polar surface area (TPSA) is 83.1 Å². The Labute approximate surface area is 158 Å². The van der Waals surface area contributed by atoms with Crippen LogP contribution in [0.3, 0.4) is 0 Å². The van der Waals surface area contributed by atoms with Gasteiger partial charge in [-0.3, -0.25) is 4.79 Å². The molecule has 0 bridgehead atoms. The average Bonchev–Trinajstić information content (AvgIpc) is 2.72. The molecule has 0 saturated heterocycles. The summed E-state index contributed by atoms with van der Waals surface area (Å²) in [5.41, 5.74) is 1.53. The fraction of sp³-hybridized carbons (Fsp3) is 0.300. The zero-order valence-corrected chi connectivity index (χ0v) is 15.6. The number of esters is 1. The van der Waals surface area contributed by atoms with Crippen molar-refractivity contribution in [3.05, 3.63) is 53.6 Å². The number of methoxy groups -OCH3 is 3. The van der Waals surface area contributed by atoms with Gasteiger partial charge in [0.2, 0.25) is 0 Å². The lowest BCUT2D eigenvalue weighted by molar-refractivity contribution is -0.142. The number of hydrogen-bond acceptors (Lipinski definition) is 6. The Morgan fingerprint density at radius 3 is 2.30 bits per heavy atom. The van der Waals surface area contributed by atoms with Crippen molar-refractivity contribution in [1.82, 2.24) is 5.32 Å². The minimum atomic E-state index is -0.502. The van der Waals surface area contributed by atoms with Gasteiger partial charge < -0.3 is 24.3 Å². The van der Waals surface area contributed by atoms with Crippen LogP contribution in [0.5, 0.6) is 17.2 Å². The third-order valence-corrected chi connectivity index (χ3v) is 3.86. The first-order valence-electron chi connectivity index (χ1n) is 8.36. The first-order chi connectivity index (χ1) is 13.1. The molecule has 1 amide bonds. The highest BCUT2D eigenvalue weighted by atomic mass is 16.6. The summed E-state index contributed by atoms with van der Waals surface area (Å²) in [4.78, 5) is 23.5. The van der Waals surface area contributed by atoms with E-state index in [4.69, 9.17) is 14.2 Å². The van der Waals surface area contributed by atoms with Crippen LogP contribution in [0, 0.1) is 0 Å². The molecule has 0 fully saturated rings. The molecule has 0 unspecified atom stereocenters. The van der Waals surface area contributed by atoms with Crippen molar-refractivity contribution >= 4 is 11.9 Å². The van der Waals surface area contributed by atoms with E-state index in [1.54, 1.807) is 25.3 Å². The lowest BCUT2D eigenvalue weighted by atomic mass is 10.1. The van der Waals surface area contributed by atoms with Crippen LogP contribution < -0.4 is 19.5 Å². The SMILES string of the molecule is COC(=O)COc1ccc(C(=O)NCCc2ccc(OC)cc2)cc1OC. The Kier molecular flexibility index (Phi) is 7.49. The molecule has 0 aliphatic carbocycles. The molecule has 7 nitrogen and oxygen atoms in total. The molecule has 2 aromatic carbocycles. The van der Waals surface area contributed by atoms with E-state index in [2.05, 4.69) is 10.1 Å². The Morgan fingerprint density at radius 1 is 0.926 bits per heavy atom. The normalized spacial score (nSPS) is 10.0. The van der Waals surface area contributed by atoms with E-state index in [0.717, 1.165) is 11.3 Å². The Bertz CT molecular complexity index is 773. The summed E-state index contributed by atoms with van der Waals surface area (Å²) in [7, 11) is 4.36. The van der Waals surface area contributed by atoms with Crippen LogP contribution in [0.4, 0.5) is 0 Å². The molecule has 2 rings (SSSR count). The molecule has 0 saturated carbocycles. The Hall–Kier alpha value is -3.22. The number of nitrogens with one attached hydrogen (secondary N) is 1. The average molecular weight is 373 g/mol. The minimum absolute atomic E-state index is 0.221. The maximum Gasteiger partial charge on any atom is 0.343 e. The van der Waals surface area contributed by atoms with Gasteiger partial charge in [-0.25, -0.2) is 4.79 Å². The van der Waals surface area contributed by atoms with Gasteiger partial charge in [0.25, 0.3) is 5.91 Å². The monoisotopic (exact) mass is 373 g/mol. The van der Waals surface area contributed by atoms with Gasteiger partial charge in [0.1, 0.15) is 5.75 Å². The van der Waals surface area contributed by atoms with Crippen molar-refractivity contribution in [3.8, 4) is 17.2 Å². The highest BCUT2D eigenvalue weighted by molar-refractivity contribution is 5.94. The van der Waals surface area contributed by atoms with Crippen LogP contribution in [0.15, 0.2) is 42.5 Å². The van der Waals surface area contributed by atoms with E-state index in [-0.39, 0.29) is 12.5 Å². The van der Waals surface area contributed by atoms with Crippen LogP contribution in [-0.2, 0) is 16.0 Å². The lowest BCUT2D eigenvalue weighted by Crippen LogP contribution is -2.25. The number of rotatable bonds is 9. The number of carbonyl (C=O) groups is 2. The molecule has 0 heterocycles. The maximum absolute atomic E-state index is 12.3. The summed E-state index contributed by atoms with van der Waals surface area (Å²) < 4.78 is 20.2. The van der Waals surface area contributed by atoms with Gasteiger partial charge in [-0.1, -0.05) is 12.1 Å². The van der Waals surface area contributed by atoms with Gasteiger partial charge in [-0.05, 0) is 42.3 Å². The second-order valence-corrected chi connectivity index (χ2v) is 5.58. The van der Waals surface area contributed by atoms with Gasteiger partial charge in [-0.15, -0.1) is 0 Å². The van der Waals surface area contributed by atoms with Crippen molar-refractivity contribution in [2.24, 2.45) is 0 Å². The summed E-state index contributed by atoms with van der Waals surface area (Å²) in [5.74, 6) is 0.794. The number of benzene rings is 2. The van der Waals surface area contributed by atoms with Crippen molar-refractivity contribution in [3.63, 3.8) is 0 Å². The molecule has 0 atom stereocenters. The molecular formula is C20H23NO6. The van der Waals surface area contributed by atoms with Crippen molar-refractivity contribution in [2.75, 3.05) is 34.5 Å². The first kappa shape index (κ1) is 20.1. The summed E-state index contributed by atoms with van der Waals surface area (Å²) >= 11 is 0. The summed E-state index contributed by atoms with van der Waals surface area (Å²) in [6, 6.07) is 12.4. The fourth-order valence-electron chi connectivity index (χ4n) is 2.34. The lowest BCUT2D eigenvalue weighted by Gasteiger charge is -2.12. The number of ether oxygens (including phenoxy) is 4. The van der Waals surface area contributed by atoms with Crippen LogP contribution in [-0.4, -0.2) is 46.4 Å². The molecule has 7 heteroatoms. The van der Waals surface area contributed by atoms with Crippen molar-refractivity contribution < 1.29 is 28.5 Å². The molecule has 0 aromatic heterocycles. The Balaban J connectivity index is 1.91. The van der Waals surface area contributed by atoms with Crippen LogP contribution in [0.2, 0.25) is 0 Å². The largest absolute Gasteiger partial charge is 0.497 e. The second kappa shape index (κ2) is 10.1. The van der Waals surface area contributed by atoms with E-state index in [0.29, 0.717) is 30.0 Å². The van der Waals surface area contributed by atoms with E-state index in [1.165, 1.54) is 14.2 Å². The van der Waals surface area contributed by atoms with E-state index >= 15 is 0 Å². The fourth-order valence-corrected chi connectivity index (χ4v) is 2.34. The highest BCUT2D eigenvalue weighted by Crippen LogP contribution is 2.28.